The normalized spacial score (nSPS) is 31.2. The fourth-order valence-electron chi connectivity index (χ4n) is 3.61. The summed E-state index contributed by atoms with van der Waals surface area (Å²) in [7, 11) is 1.75. The molecular formula is C16H24N2O. The van der Waals surface area contributed by atoms with E-state index in [9.17, 15) is 0 Å². The van der Waals surface area contributed by atoms with Crippen molar-refractivity contribution in [1.82, 2.24) is 10.2 Å². The van der Waals surface area contributed by atoms with Crippen LogP contribution < -0.4 is 10.1 Å². The number of nitrogens with zero attached hydrogens (tertiary/aromatic N) is 1. The van der Waals surface area contributed by atoms with Gasteiger partial charge < -0.3 is 15.0 Å². The van der Waals surface area contributed by atoms with Gasteiger partial charge in [0.15, 0.2) is 0 Å². The van der Waals surface area contributed by atoms with Crippen molar-refractivity contribution in [3.8, 4) is 5.75 Å². The van der Waals surface area contributed by atoms with Crippen LogP contribution in [0.15, 0.2) is 24.3 Å². The van der Waals surface area contributed by atoms with Gasteiger partial charge >= 0.3 is 0 Å². The maximum Gasteiger partial charge on any atom is 0.123 e. The summed E-state index contributed by atoms with van der Waals surface area (Å²) < 4.78 is 5.47. The van der Waals surface area contributed by atoms with E-state index >= 15 is 0 Å². The fraction of sp³-hybridized carbons (Fsp3) is 0.625. The zero-order valence-corrected chi connectivity index (χ0v) is 11.9. The summed E-state index contributed by atoms with van der Waals surface area (Å²) in [4.78, 5) is 2.59. The number of methoxy groups -OCH3 is 1. The highest BCUT2D eigenvalue weighted by Crippen LogP contribution is 2.30. The monoisotopic (exact) mass is 260 g/mol. The number of hydrogen-bond acceptors (Lipinski definition) is 3. The van der Waals surface area contributed by atoms with Crippen LogP contribution in [0.5, 0.6) is 5.75 Å². The van der Waals surface area contributed by atoms with Crippen LogP contribution in [-0.2, 0) is 0 Å². The molecule has 2 heterocycles. The van der Waals surface area contributed by atoms with Gasteiger partial charge in [0.2, 0.25) is 0 Å². The van der Waals surface area contributed by atoms with Crippen molar-refractivity contribution in [3.05, 3.63) is 29.8 Å². The maximum absolute atomic E-state index is 5.47. The highest BCUT2D eigenvalue weighted by molar-refractivity contribution is 5.35. The third-order valence-corrected chi connectivity index (χ3v) is 4.70. The molecule has 0 radical (unpaired) electrons. The van der Waals surface area contributed by atoms with Crippen LogP contribution in [0.4, 0.5) is 0 Å². The average molecular weight is 260 g/mol. The van der Waals surface area contributed by atoms with E-state index < -0.39 is 0 Å². The number of ether oxygens (including phenoxy) is 1. The van der Waals surface area contributed by atoms with Crippen molar-refractivity contribution in [1.29, 1.82) is 0 Å². The minimum atomic E-state index is 0.355. The van der Waals surface area contributed by atoms with Gasteiger partial charge in [0.25, 0.3) is 0 Å². The lowest BCUT2D eigenvalue weighted by Crippen LogP contribution is -2.44. The zero-order chi connectivity index (χ0) is 13.2. The lowest BCUT2D eigenvalue weighted by atomic mass is 9.92. The Balaban J connectivity index is 1.69. The summed E-state index contributed by atoms with van der Waals surface area (Å²) in [6, 6.07) is 9.36. The Bertz CT molecular complexity index is 435. The Morgan fingerprint density at radius 3 is 2.89 bits per heavy atom. The minimum Gasteiger partial charge on any atom is -0.496 e. The Hall–Kier alpha value is -1.06. The summed E-state index contributed by atoms with van der Waals surface area (Å²) in [6.45, 7) is 6.09. The highest BCUT2D eigenvalue weighted by Gasteiger charge is 2.34. The van der Waals surface area contributed by atoms with Crippen molar-refractivity contribution in [2.45, 2.75) is 31.8 Å². The van der Waals surface area contributed by atoms with Gasteiger partial charge in [-0.1, -0.05) is 18.2 Å². The molecule has 2 aliphatic heterocycles. The summed E-state index contributed by atoms with van der Waals surface area (Å²) in [5.41, 5.74) is 1.27. The van der Waals surface area contributed by atoms with Crippen molar-refractivity contribution < 1.29 is 4.74 Å². The quantitative estimate of drug-likeness (QED) is 0.900. The molecule has 19 heavy (non-hydrogen) atoms. The molecule has 0 aromatic heterocycles. The van der Waals surface area contributed by atoms with Gasteiger partial charge in [-0.25, -0.2) is 0 Å². The molecule has 4 atom stereocenters. The summed E-state index contributed by atoms with van der Waals surface area (Å²) >= 11 is 0. The van der Waals surface area contributed by atoms with E-state index in [-0.39, 0.29) is 0 Å². The molecule has 0 amide bonds. The topological polar surface area (TPSA) is 24.5 Å². The molecule has 0 spiro atoms. The second-order valence-corrected chi connectivity index (χ2v) is 5.87. The molecule has 1 aromatic carbocycles. The summed E-state index contributed by atoms with van der Waals surface area (Å²) in [5.74, 6) is 1.83. The molecule has 104 valence electrons. The number of nitrogens with one attached hydrogen (secondary N) is 1. The van der Waals surface area contributed by atoms with Crippen LogP contribution in [0.25, 0.3) is 0 Å². The van der Waals surface area contributed by atoms with Gasteiger partial charge in [0.1, 0.15) is 5.75 Å². The lowest BCUT2D eigenvalue weighted by molar-refractivity contribution is 0.211. The van der Waals surface area contributed by atoms with Crippen molar-refractivity contribution in [2.24, 2.45) is 5.92 Å². The fourth-order valence-corrected chi connectivity index (χ4v) is 3.61. The third kappa shape index (κ3) is 2.63. The molecule has 2 saturated heterocycles. The predicted molar refractivity (Wildman–Crippen MR) is 77.5 cm³/mol. The van der Waals surface area contributed by atoms with Gasteiger partial charge in [-0.05, 0) is 44.8 Å². The average Bonchev–Trinajstić information content (AvgIpc) is 2.84. The summed E-state index contributed by atoms with van der Waals surface area (Å²) in [6.07, 6.45) is 2.64. The zero-order valence-electron chi connectivity index (χ0n) is 11.9. The van der Waals surface area contributed by atoms with E-state index in [1.807, 2.05) is 12.1 Å². The first-order valence-electron chi connectivity index (χ1n) is 7.39. The minimum absolute atomic E-state index is 0.355. The molecule has 2 fully saturated rings. The Morgan fingerprint density at radius 1 is 1.26 bits per heavy atom. The van der Waals surface area contributed by atoms with Crippen LogP contribution in [0.2, 0.25) is 0 Å². The lowest BCUT2D eigenvalue weighted by Gasteiger charge is -2.33. The van der Waals surface area contributed by atoms with Crippen molar-refractivity contribution >= 4 is 0 Å². The van der Waals surface area contributed by atoms with E-state index in [4.69, 9.17) is 4.74 Å². The van der Waals surface area contributed by atoms with E-state index in [0.29, 0.717) is 12.1 Å². The second-order valence-electron chi connectivity index (χ2n) is 5.87. The van der Waals surface area contributed by atoms with E-state index in [1.54, 1.807) is 7.11 Å². The SMILES string of the molecule is COc1ccccc1C(C)NC1CCN2CCC1C2. The van der Waals surface area contributed by atoms with Gasteiger partial charge in [0, 0.05) is 24.2 Å². The standard InChI is InChI=1S/C16H24N2O/c1-12(14-5-3-4-6-16(14)19-2)17-15-8-10-18-9-7-13(15)11-18/h3-6,12-13,15,17H,7-11H2,1-2H3. The molecule has 1 N–H and O–H groups in total. The number of fused-ring (bicyclic) bond motifs is 2. The van der Waals surface area contributed by atoms with Gasteiger partial charge in [-0.3, -0.25) is 0 Å². The highest BCUT2D eigenvalue weighted by atomic mass is 16.5. The molecule has 3 heteroatoms. The van der Waals surface area contributed by atoms with Crippen LogP contribution in [0.3, 0.4) is 0 Å². The number of para-hydroxylation sites is 1. The molecule has 3 rings (SSSR count). The molecule has 0 saturated carbocycles. The van der Waals surface area contributed by atoms with Crippen LogP contribution >= 0.6 is 0 Å². The number of hydrogen-bond donors (Lipinski definition) is 1. The van der Waals surface area contributed by atoms with E-state index in [0.717, 1.165) is 11.7 Å². The number of rotatable bonds is 4. The smallest absolute Gasteiger partial charge is 0.123 e. The van der Waals surface area contributed by atoms with Crippen LogP contribution in [0.1, 0.15) is 31.4 Å². The molecule has 3 nitrogen and oxygen atoms in total. The molecule has 4 unspecified atom stereocenters. The first kappa shape index (κ1) is 12.9. The molecule has 1 aromatic rings. The maximum atomic E-state index is 5.47. The number of benzene rings is 1. The van der Waals surface area contributed by atoms with Gasteiger partial charge in [0.05, 0.1) is 7.11 Å². The van der Waals surface area contributed by atoms with Crippen molar-refractivity contribution in [2.75, 3.05) is 26.7 Å². The van der Waals surface area contributed by atoms with Gasteiger partial charge in [-0.2, -0.15) is 0 Å². The van der Waals surface area contributed by atoms with Crippen LogP contribution in [0, 0.1) is 5.92 Å². The molecular weight excluding hydrogens is 236 g/mol. The number of piperidine rings is 1. The summed E-state index contributed by atoms with van der Waals surface area (Å²) in [5, 5.41) is 3.83. The van der Waals surface area contributed by atoms with E-state index in [2.05, 4.69) is 29.3 Å². The molecule has 2 bridgehead atoms. The molecule has 0 aliphatic carbocycles. The first-order valence-corrected chi connectivity index (χ1v) is 7.39. The molecule has 2 aliphatic rings. The Kier molecular flexibility index (Phi) is 3.76. The Labute approximate surface area is 115 Å². The Morgan fingerprint density at radius 2 is 2.05 bits per heavy atom. The van der Waals surface area contributed by atoms with Crippen molar-refractivity contribution in [3.63, 3.8) is 0 Å². The third-order valence-electron chi connectivity index (χ3n) is 4.70. The van der Waals surface area contributed by atoms with E-state index in [1.165, 1.54) is 38.0 Å². The second kappa shape index (κ2) is 5.51. The predicted octanol–water partition coefficient (Wildman–Crippen LogP) is 2.44. The van der Waals surface area contributed by atoms with Gasteiger partial charge in [-0.15, -0.1) is 0 Å². The first-order chi connectivity index (χ1) is 9.28. The van der Waals surface area contributed by atoms with Crippen LogP contribution in [-0.4, -0.2) is 37.7 Å². The largest absolute Gasteiger partial charge is 0.496 e.